The third-order valence-electron chi connectivity index (χ3n) is 1.71. The predicted octanol–water partition coefficient (Wildman–Crippen LogP) is 1.20. The summed E-state index contributed by atoms with van der Waals surface area (Å²) in [5.41, 5.74) is -0.0281. The maximum Gasteiger partial charge on any atom is 0.339 e. The van der Waals surface area contributed by atoms with Gasteiger partial charge in [0.1, 0.15) is 23.9 Å². The lowest BCUT2D eigenvalue weighted by Crippen LogP contribution is -2.18. The second-order valence-electron chi connectivity index (χ2n) is 2.63. The normalized spacial score (nSPS) is 13.8. The van der Waals surface area contributed by atoms with E-state index in [-0.39, 0.29) is 22.3 Å². The van der Waals surface area contributed by atoms with Gasteiger partial charge in [0.05, 0.1) is 0 Å². The molecule has 1 aromatic rings. The first-order valence-corrected chi connectivity index (χ1v) is 4.25. The highest BCUT2D eigenvalue weighted by atomic mass is 35.5. The monoisotopic (exact) mass is 215 g/mol. The Balaban J connectivity index is 2.58. The lowest BCUT2D eigenvalue weighted by Gasteiger charge is -2.18. The van der Waals surface area contributed by atoms with E-state index in [1.165, 1.54) is 6.07 Å². The fraction of sp³-hybridized carbons (Fsp3) is 0.250. The van der Waals surface area contributed by atoms with Gasteiger partial charge in [-0.15, -0.1) is 0 Å². The SMILES string of the molecule is O=C(O)c1cc(Cl)nc2c1OCCO2. The summed E-state index contributed by atoms with van der Waals surface area (Å²) in [6.07, 6.45) is 0. The van der Waals surface area contributed by atoms with Crippen LogP contribution in [0.2, 0.25) is 5.15 Å². The van der Waals surface area contributed by atoms with Crippen molar-refractivity contribution >= 4 is 17.6 Å². The van der Waals surface area contributed by atoms with Gasteiger partial charge in [0.15, 0.2) is 5.75 Å². The molecule has 0 aromatic carbocycles. The number of aromatic carboxylic acids is 1. The van der Waals surface area contributed by atoms with Crippen molar-refractivity contribution < 1.29 is 19.4 Å². The Morgan fingerprint density at radius 2 is 2.21 bits per heavy atom. The molecule has 1 aromatic heterocycles. The molecule has 14 heavy (non-hydrogen) atoms. The molecular weight excluding hydrogens is 210 g/mol. The van der Waals surface area contributed by atoms with Crippen molar-refractivity contribution in [3.63, 3.8) is 0 Å². The van der Waals surface area contributed by atoms with Crippen molar-refractivity contribution in [2.75, 3.05) is 13.2 Å². The van der Waals surface area contributed by atoms with Gasteiger partial charge in [-0.3, -0.25) is 0 Å². The smallest absolute Gasteiger partial charge is 0.339 e. The molecule has 5 nitrogen and oxygen atoms in total. The molecule has 0 fully saturated rings. The Morgan fingerprint density at radius 3 is 2.93 bits per heavy atom. The summed E-state index contributed by atoms with van der Waals surface area (Å²) in [6.45, 7) is 0.663. The van der Waals surface area contributed by atoms with Crippen LogP contribution >= 0.6 is 11.6 Å². The summed E-state index contributed by atoms with van der Waals surface area (Å²) in [5.74, 6) is -0.828. The van der Waals surface area contributed by atoms with Crippen LogP contribution in [0.25, 0.3) is 0 Å². The van der Waals surface area contributed by atoms with Crippen molar-refractivity contribution in [3.05, 3.63) is 16.8 Å². The Hall–Kier alpha value is -1.49. The van der Waals surface area contributed by atoms with Crippen LogP contribution in [0.5, 0.6) is 11.6 Å². The zero-order valence-electron chi connectivity index (χ0n) is 6.99. The third kappa shape index (κ3) is 1.46. The number of ether oxygens (including phenoxy) is 2. The first-order chi connectivity index (χ1) is 6.68. The Bertz CT molecular complexity index is 393. The quantitative estimate of drug-likeness (QED) is 0.713. The van der Waals surface area contributed by atoms with Crippen molar-refractivity contribution in [1.82, 2.24) is 4.98 Å². The van der Waals surface area contributed by atoms with E-state index in [1.54, 1.807) is 0 Å². The van der Waals surface area contributed by atoms with E-state index < -0.39 is 5.97 Å². The van der Waals surface area contributed by atoms with Gasteiger partial charge in [0.2, 0.25) is 0 Å². The van der Waals surface area contributed by atoms with Crippen LogP contribution in [0.3, 0.4) is 0 Å². The van der Waals surface area contributed by atoms with Crippen LogP contribution in [-0.2, 0) is 0 Å². The summed E-state index contributed by atoms with van der Waals surface area (Å²) in [4.78, 5) is 14.6. The van der Waals surface area contributed by atoms with Gasteiger partial charge in [0, 0.05) is 0 Å². The number of hydrogen-bond donors (Lipinski definition) is 1. The maximum atomic E-state index is 10.8. The van der Waals surface area contributed by atoms with E-state index in [2.05, 4.69) is 4.98 Å². The summed E-state index contributed by atoms with van der Waals surface area (Å²) in [5, 5.41) is 8.92. The van der Waals surface area contributed by atoms with Crippen LogP contribution in [0.1, 0.15) is 10.4 Å². The minimum atomic E-state index is -1.11. The van der Waals surface area contributed by atoms with Gasteiger partial charge in [-0.25, -0.2) is 4.79 Å². The average Bonchev–Trinajstić information content (AvgIpc) is 2.16. The molecule has 0 bridgehead atoms. The standard InChI is InChI=1S/C8H6ClNO4/c9-5-3-4(8(11)12)6-7(10-5)14-2-1-13-6/h3H,1-2H2,(H,11,12). The molecule has 0 radical (unpaired) electrons. The second-order valence-corrected chi connectivity index (χ2v) is 3.02. The minimum absolute atomic E-state index is 0.0281. The van der Waals surface area contributed by atoms with Crippen LogP contribution in [-0.4, -0.2) is 29.3 Å². The highest BCUT2D eigenvalue weighted by Crippen LogP contribution is 2.33. The maximum absolute atomic E-state index is 10.8. The van der Waals surface area contributed by atoms with Crippen molar-refractivity contribution in [3.8, 4) is 11.6 Å². The number of aromatic nitrogens is 1. The molecule has 0 aliphatic carbocycles. The molecule has 1 aliphatic heterocycles. The zero-order chi connectivity index (χ0) is 10.1. The average molecular weight is 216 g/mol. The van der Waals surface area contributed by atoms with Crippen molar-refractivity contribution in [2.24, 2.45) is 0 Å². The highest BCUT2D eigenvalue weighted by Gasteiger charge is 2.22. The van der Waals surface area contributed by atoms with Crippen LogP contribution in [0.15, 0.2) is 6.07 Å². The molecule has 1 aliphatic rings. The second kappa shape index (κ2) is 3.34. The third-order valence-corrected chi connectivity index (χ3v) is 1.90. The number of carboxylic acids is 1. The number of pyridine rings is 1. The van der Waals surface area contributed by atoms with Crippen molar-refractivity contribution in [2.45, 2.75) is 0 Å². The summed E-state index contributed by atoms with van der Waals surface area (Å²) >= 11 is 5.62. The Kier molecular flexibility index (Phi) is 2.17. The fourth-order valence-electron chi connectivity index (χ4n) is 1.16. The number of rotatable bonds is 1. The summed E-state index contributed by atoms with van der Waals surface area (Å²) in [6, 6.07) is 1.23. The van der Waals surface area contributed by atoms with Crippen molar-refractivity contribution in [1.29, 1.82) is 0 Å². The molecule has 0 atom stereocenters. The molecular formula is C8H6ClNO4. The van der Waals surface area contributed by atoms with Gasteiger partial charge >= 0.3 is 5.97 Å². The van der Waals surface area contributed by atoms with Crippen LogP contribution in [0.4, 0.5) is 0 Å². The highest BCUT2D eigenvalue weighted by molar-refractivity contribution is 6.29. The summed E-state index contributed by atoms with van der Waals surface area (Å²) in [7, 11) is 0. The topological polar surface area (TPSA) is 68.7 Å². The number of fused-ring (bicyclic) bond motifs is 1. The lowest BCUT2D eigenvalue weighted by molar-refractivity contribution is 0.0685. The molecule has 0 spiro atoms. The molecule has 0 unspecified atom stereocenters. The van der Waals surface area contributed by atoms with E-state index in [4.69, 9.17) is 26.2 Å². The molecule has 74 valence electrons. The van der Waals surface area contributed by atoms with Gasteiger partial charge in [-0.2, -0.15) is 4.98 Å². The van der Waals surface area contributed by atoms with E-state index in [1.807, 2.05) is 0 Å². The number of carboxylic acid groups (broad SMARTS) is 1. The largest absolute Gasteiger partial charge is 0.484 e. The van der Waals surface area contributed by atoms with E-state index in [0.29, 0.717) is 13.2 Å². The zero-order valence-corrected chi connectivity index (χ0v) is 7.74. The first-order valence-electron chi connectivity index (χ1n) is 3.88. The molecule has 0 amide bonds. The van der Waals surface area contributed by atoms with Crippen LogP contribution < -0.4 is 9.47 Å². The summed E-state index contributed by atoms with van der Waals surface area (Å²) < 4.78 is 10.3. The number of halogens is 1. The Morgan fingerprint density at radius 1 is 1.50 bits per heavy atom. The number of hydrogen-bond acceptors (Lipinski definition) is 4. The Labute approximate surface area is 84.2 Å². The molecule has 6 heteroatoms. The van der Waals surface area contributed by atoms with Gasteiger partial charge < -0.3 is 14.6 Å². The van der Waals surface area contributed by atoms with Gasteiger partial charge in [-0.05, 0) is 6.07 Å². The molecule has 2 rings (SSSR count). The van der Waals surface area contributed by atoms with E-state index >= 15 is 0 Å². The minimum Gasteiger partial charge on any atom is -0.484 e. The number of nitrogens with zero attached hydrogens (tertiary/aromatic N) is 1. The van der Waals surface area contributed by atoms with Crippen LogP contribution in [0, 0.1) is 0 Å². The fourth-order valence-corrected chi connectivity index (χ4v) is 1.34. The van der Waals surface area contributed by atoms with E-state index in [0.717, 1.165) is 0 Å². The predicted molar refractivity (Wildman–Crippen MR) is 47.2 cm³/mol. The lowest BCUT2D eigenvalue weighted by atomic mass is 10.2. The molecule has 2 heterocycles. The first kappa shape index (κ1) is 9.08. The number of carbonyl (C=O) groups is 1. The van der Waals surface area contributed by atoms with Gasteiger partial charge in [-0.1, -0.05) is 11.6 Å². The molecule has 0 saturated carbocycles. The molecule has 0 saturated heterocycles. The molecule has 1 N–H and O–H groups in total. The van der Waals surface area contributed by atoms with Gasteiger partial charge in [0.25, 0.3) is 5.88 Å². The van der Waals surface area contributed by atoms with E-state index in [9.17, 15) is 4.79 Å².